The van der Waals surface area contributed by atoms with E-state index in [9.17, 15) is 0 Å². The minimum atomic E-state index is 0.406. The van der Waals surface area contributed by atoms with Crippen LogP contribution < -0.4 is 5.73 Å². The van der Waals surface area contributed by atoms with Crippen molar-refractivity contribution in [2.75, 3.05) is 26.4 Å². The van der Waals surface area contributed by atoms with Crippen LogP contribution in [0.3, 0.4) is 0 Å². The number of nitrogens with two attached hydrogens (primary N) is 1. The molecule has 2 aromatic rings. The third-order valence-electron chi connectivity index (χ3n) is 3.17. The van der Waals surface area contributed by atoms with E-state index in [1.165, 1.54) is 5.52 Å². The molecule has 1 aromatic carbocycles. The number of hydrogen-bond donors (Lipinski definition) is 1. The molecule has 0 fully saturated rings. The molecule has 2 N–H and O–H groups in total. The van der Waals surface area contributed by atoms with Crippen LogP contribution >= 0.6 is 0 Å². The number of fused-ring (bicyclic) bond motifs is 1. The molecule has 1 aromatic heterocycles. The molecule has 0 aliphatic heterocycles. The molecule has 0 aliphatic carbocycles. The molecule has 18 heavy (non-hydrogen) atoms. The van der Waals surface area contributed by atoms with Crippen LogP contribution in [0, 0.1) is 0 Å². The first kappa shape index (κ1) is 12.9. The van der Waals surface area contributed by atoms with Crippen LogP contribution in [-0.4, -0.2) is 35.1 Å². The number of rotatable bonds is 4. The zero-order valence-corrected chi connectivity index (χ0v) is 11.6. The molecular weight excluding hydrogens is 224 g/mol. The number of imidazole rings is 1. The minimum Gasteiger partial charge on any atom is -0.399 e. The normalized spacial score (nSPS) is 13.4. The molecule has 4 nitrogen and oxygen atoms in total. The van der Waals surface area contributed by atoms with Crippen molar-refractivity contribution in [2.45, 2.75) is 26.3 Å². The molecule has 0 radical (unpaired) electrons. The van der Waals surface area contributed by atoms with Crippen molar-refractivity contribution >= 4 is 16.7 Å². The number of nitrogens with zero attached hydrogens (tertiary/aromatic N) is 3. The lowest BCUT2D eigenvalue weighted by atomic mass is 10.2. The van der Waals surface area contributed by atoms with Crippen LogP contribution in [-0.2, 0) is 6.42 Å². The number of nitrogen functional groups attached to an aromatic ring is 1. The Labute approximate surface area is 108 Å². The van der Waals surface area contributed by atoms with Gasteiger partial charge in [0.25, 0.3) is 0 Å². The molecule has 0 amide bonds. The van der Waals surface area contributed by atoms with Gasteiger partial charge in [0.2, 0.25) is 0 Å². The number of aryl methyl sites for hydroxylation is 1. The zero-order valence-electron chi connectivity index (χ0n) is 11.6. The van der Waals surface area contributed by atoms with Gasteiger partial charge in [-0.15, -0.1) is 0 Å². The third-order valence-corrected chi connectivity index (χ3v) is 3.17. The van der Waals surface area contributed by atoms with Crippen LogP contribution in [0.1, 0.15) is 25.7 Å². The number of likely N-dealkylation sites (N-methyl/N-ethyl adjacent to an activating group) is 1. The van der Waals surface area contributed by atoms with Gasteiger partial charge in [0.15, 0.2) is 0 Å². The fourth-order valence-corrected chi connectivity index (χ4v) is 2.52. The van der Waals surface area contributed by atoms with Crippen molar-refractivity contribution in [3.63, 3.8) is 0 Å². The van der Waals surface area contributed by atoms with E-state index in [0.717, 1.165) is 30.0 Å². The van der Waals surface area contributed by atoms with E-state index >= 15 is 0 Å². The highest BCUT2D eigenvalue weighted by molar-refractivity contribution is 5.79. The Morgan fingerprint density at radius 1 is 1.39 bits per heavy atom. The fraction of sp³-hybridized carbons (Fsp3) is 0.500. The lowest BCUT2D eigenvalue weighted by molar-refractivity contribution is 0.337. The van der Waals surface area contributed by atoms with Gasteiger partial charge in [-0.3, -0.25) is 0 Å². The second kappa shape index (κ2) is 4.98. The van der Waals surface area contributed by atoms with Crippen LogP contribution in [0.25, 0.3) is 11.0 Å². The average Bonchev–Trinajstić information content (AvgIpc) is 2.65. The van der Waals surface area contributed by atoms with E-state index in [1.807, 2.05) is 12.1 Å². The predicted octanol–water partition coefficient (Wildman–Crippen LogP) is 2.30. The second-order valence-corrected chi connectivity index (χ2v) is 5.11. The highest BCUT2D eigenvalue weighted by Gasteiger charge is 2.15. The first-order valence-corrected chi connectivity index (χ1v) is 6.44. The van der Waals surface area contributed by atoms with Gasteiger partial charge >= 0.3 is 0 Å². The Morgan fingerprint density at radius 2 is 2.11 bits per heavy atom. The molecule has 1 unspecified atom stereocenters. The highest BCUT2D eigenvalue weighted by atomic mass is 15.2. The van der Waals surface area contributed by atoms with Gasteiger partial charge in [-0.05, 0) is 39.2 Å². The maximum atomic E-state index is 5.82. The maximum absolute atomic E-state index is 5.82. The lowest BCUT2D eigenvalue weighted by Gasteiger charge is -2.21. The number of anilines is 1. The van der Waals surface area contributed by atoms with Crippen molar-refractivity contribution in [2.24, 2.45) is 0 Å². The van der Waals surface area contributed by atoms with Gasteiger partial charge in [-0.1, -0.05) is 6.92 Å². The lowest BCUT2D eigenvalue weighted by Crippen LogP contribution is -2.23. The summed E-state index contributed by atoms with van der Waals surface area (Å²) in [6, 6.07) is 6.38. The molecule has 0 bridgehead atoms. The summed E-state index contributed by atoms with van der Waals surface area (Å²) in [5, 5.41) is 0. The summed E-state index contributed by atoms with van der Waals surface area (Å²) in [5.74, 6) is 1.13. The number of aromatic nitrogens is 2. The van der Waals surface area contributed by atoms with Gasteiger partial charge in [0.1, 0.15) is 5.82 Å². The summed E-state index contributed by atoms with van der Waals surface area (Å²) in [5.41, 5.74) is 8.77. The Balaban J connectivity index is 2.53. The number of hydrogen-bond acceptors (Lipinski definition) is 3. The average molecular weight is 246 g/mol. The fourth-order valence-electron chi connectivity index (χ4n) is 2.52. The predicted molar refractivity (Wildman–Crippen MR) is 76.8 cm³/mol. The SMILES string of the molecule is CCc1nc2cc(N)ccc2n1C(C)CN(C)C. The van der Waals surface area contributed by atoms with Crippen molar-refractivity contribution in [3.05, 3.63) is 24.0 Å². The molecule has 0 spiro atoms. The summed E-state index contributed by atoms with van der Waals surface area (Å²) in [6.45, 7) is 5.38. The van der Waals surface area contributed by atoms with E-state index in [2.05, 4.69) is 48.5 Å². The van der Waals surface area contributed by atoms with Gasteiger partial charge < -0.3 is 15.2 Å². The summed E-state index contributed by atoms with van der Waals surface area (Å²) in [4.78, 5) is 6.89. The topological polar surface area (TPSA) is 47.1 Å². The molecule has 4 heteroatoms. The summed E-state index contributed by atoms with van der Waals surface area (Å²) >= 11 is 0. The van der Waals surface area contributed by atoms with Gasteiger partial charge in [0.05, 0.1) is 11.0 Å². The Hall–Kier alpha value is -1.55. The summed E-state index contributed by atoms with van der Waals surface area (Å²) in [7, 11) is 4.19. The molecule has 0 saturated heterocycles. The van der Waals surface area contributed by atoms with E-state index in [1.54, 1.807) is 0 Å². The van der Waals surface area contributed by atoms with Crippen LogP contribution in [0.15, 0.2) is 18.2 Å². The standard InChI is InChI=1S/C14H22N4/c1-5-14-16-12-8-11(15)6-7-13(12)18(14)10(2)9-17(3)4/h6-8,10H,5,9,15H2,1-4H3. The summed E-state index contributed by atoms with van der Waals surface area (Å²) < 4.78 is 2.33. The van der Waals surface area contributed by atoms with Crippen LogP contribution in [0.2, 0.25) is 0 Å². The largest absolute Gasteiger partial charge is 0.399 e. The Kier molecular flexibility index (Phi) is 3.57. The number of benzene rings is 1. The van der Waals surface area contributed by atoms with E-state index < -0.39 is 0 Å². The highest BCUT2D eigenvalue weighted by Crippen LogP contribution is 2.23. The maximum Gasteiger partial charge on any atom is 0.109 e. The quantitative estimate of drug-likeness (QED) is 0.842. The van der Waals surface area contributed by atoms with Crippen molar-refractivity contribution in [1.82, 2.24) is 14.5 Å². The molecule has 1 atom stereocenters. The second-order valence-electron chi connectivity index (χ2n) is 5.11. The van der Waals surface area contributed by atoms with Crippen LogP contribution in [0.4, 0.5) is 5.69 Å². The van der Waals surface area contributed by atoms with E-state index in [0.29, 0.717) is 6.04 Å². The third kappa shape index (κ3) is 2.34. The molecule has 98 valence electrons. The van der Waals surface area contributed by atoms with Gasteiger partial charge in [-0.2, -0.15) is 0 Å². The Bertz CT molecular complexity index is 542. The molecule has 0 saturated carbocycles. The van der Waals surface area contributed by atoms with Crippen molar-refractivity contribution in [1.29, 1.82) is 0 Å². The van der Waals surface area contributed by atoms with E-state index in [-0.39, 0.29) is 0 Å². The first-order chi connectivity index (χ1) is 8.52. The molecule has 1 heterocycles. The van der Waals surface area contributed by atoms with Crippen molar-refractivity contribution < 1.29 is 0 Å². The smallest absolute Gasteiger partial charge is 0.109 e. The minimum absolute atomic E-state index is 0.406. The summed E-state index contributed by atoms with van der Waals surface area (Å²) in [6.07, 6.45) is 0.937. The van der Waals surface area contributed by atoms with Gasteiger partial charge in [0, 0.05) is 24.7 Å². The molecule has 0 aliphatic rings. The van der Waals surface area contributed by atoms with Gasteiger partial charge in [-0.25, -0.2) is 4.98 Å². The molecule has 2 rings (SSSR count). The monoisotopic (exact) mass is 246 g/mol. The van der Waals surface area contributed by atoms with E-state index in [4.69, 9.17) is 5.73 Å². The zero-order chi connectivity index (χ0) is 13.3. The Morgan fingerprint density at radius 3 is 2.72 bits per heavy atom. The van der Waals surface area contributed by atoms with Crippen LogP contribution in [0.5, 0.6) is 0 Å². The first-order valence-electron chi connectivity index (χ1n) is 6.44. The van der Waals surface area contributed by atoms with Crippen molar-refractivity contribution in [3.8, 4) is 0 Å². The molecular formula is C14H22N4.